The highest BCUT2D eigenvalue weighted by Crippen LogP contribution is 2.19. The molecule has 0 saturated carbocycles. The van der Waals surface area contributed by atoms with Crippen molar-refractivity contribution >= 4 is 17.2 Å². The molecule has 1 aliphatic rings. The van der Waals surface area contributed by atoms with E-state index in [4.69, 9.17) is 23.1 Å². The first-order chi connectivity index (χ1) is 6.19. The predicted molar refractivity (Wildman–Crippen MR) is 57.6 cm³/mol. The van der Waals surface area contributed by atoms with E-state index in [1.54, 1.807) is 0 Å². The molecule has 1 heterocycles. The van der Waals surface area contributed by atoms with Gasteiger partial charge in [-0.05, 0) is 25.3 Å². The lowest BCUT2D eigenvalue weighted by Gasteiger charge is -2.25. The summed E-state index contributed by atoms with van der Waals surface area (Å²) < 4.78 is 0. The molecule has 0 aromatic heterocycles. The number of nitrogens with zero attached hydrogens (tertiary/aromatic N) is 1. The lowest BCUT2D eigenvalue weighted by atomic mass is 10.1. The van der Waals surface area contributed by atoms with Gasteiger partial charge in [0.15, 0.2) is 0 Å². The molecular weight excluding hydrogens is 184 g/mol. The quantitative estimate of drug-likeness (QED) is 0.647. The molecule has 3 nitrogen and oxygen atoms in total. The fraction of sp³-hybridized carbons (Fsp3) is 0.889. The zero-order valence-electron chi connectivity index (χ0n) is 8.07. The molecule has 1 rings (SSSR count). The van der Waals surface area contributed by atoms with Gasteiger partial charge in [0, 0.05) is 13.2 Å². The van der Waals surface area contributed by atoms with Gasteiger partial charge in [0.25, 0.3) is 0 Å². The summed E-state index contributed by atoms with van der Waals surface area (Å²) in [7, 11) is 0. The van der Waals surface area contributed by atoms with Gasteiger partial charge < -0.3 is 10.8 Å². The van der Waals surface area contributed by atoms with Crippen LogP contribution in [0.4, 0.5) is 0 Å². The highest BCUT2D eigenvalue weighted by atomic mass is 32.1. The lowest BCUT2D eigenvalue weighted by molar-refractivity contribution is 0.214. The first-order valence-corrected chi connectivity index (χ1v) is 5.24. The molecule has 1 fully saturated rings. The average molecular weight is 202 g/mol. The van der Waals surface area contributed by atoms with Crippen LogP contribution in [0, 0.1) is 5.92 Å². The number of hydrogen-bond donors (Lipinski definition) is 2. The van der Waals surface area contributed by atoms with Crippen molar-refractivity contribution in [3.8, 4) is 0 Å². The molecule has 3 N–H and O–H groups in total. The number of thiocarbonyl (C=S) groups is 1. The van der Waals surface area contributed by atoms with Gasteiger partial charge in [-0.3, -0.25) is 4.90 Å². The van der Waals surface area contributed by atoms with E-state index in [1.165, 1.54) is 0 Å². The molecule has 1 aliphatic heterocycles. The van der Waals surface area contributed by atoms with Crippen LogP contribution >= 0.6 is 12.2 Å². The molecule has 2 unspecified atom stereocenters. The first-order valence-electron chi connectivity index (χ1n) is 4.83. The summed E-state index contributed by atoms with van der Waals surface area (Å²) in [6, 6.07) is 0.228. The van der Waals surface area contributed by atoms with E-state index in [0.29, 0.717) is 10.9 Å². The zero-order valence-corrected chi connectivity index (χ0v) is 8.89. The van der Waals surface area contributed by atoms with E-state index < -0.39 is 0 Å². The van der Waals surface area contributed by atoms with Crippen molar-refractivity contribution < 1.29 is 5.11 Å². The molecular formula is C9H18N2OS. The second kappa shape index (κ2) is 4.88. The fourth-order valence-corrected chi connectivity index (χ4v) is 2.25. The molecule has 13 heavy (non-hydrogen) atoms. The Labute approximate surface area is 84.9 Å². The molecule has 4 heteroatoms. The van der Waals surface area contributed by atoms with Gasteiger partial charge in [-0.2, -0.15) is 0 Å². The summed E-state index contributed by atoms with van der Waals surface area (Å²) in [4.78, 5) is 2.87. The Morgan fingerprint density at radius 1 is 1.77 bits per heavy atom. The minimum absolute atomic E-state index is 0.228. The molecule has 0 aliphatic carbocycles. The maximum Gasteiger partial charge on any atom is 0.0901 e. The van der Waals surface area contributed by atoms with Crippen LogP contribution in [0.5, 0.6) is 0 Å². The molecule has 2 atom stereocenters. The van der Waals surface area contributed by atoms with Gasteiger partial charge in [0.1, 0.15) is 0 Å². The van der Waals surface area contributed by atoms with E-state index in [-0.39, 0.29) is 12.6 Å². The summed E-state index contributed by atoms with van der Waals surface area (Å²) in [5, 5.41) is 8.99. The second-order valence-corrected chi connectivity index (χ2v) is 4.13. The largest absolute Gasteiger partial charge is 0.396 e. The van der Waals surface area contributed by atoms with Crippen molar-refractivity contribution in [2.75, 3.05) is 19.7 Å². The number of hydrogen-bond acceptors (Lipinski definition) is 3. The van der Waals surface area contributed by atoms with Gasteiger partial charge in [0.2, 0.25) is 0 Å². The molecule has 1 saturated heterocycles. The van der Waals surface area contributed by atoms with E-state index in [0.717, 1.165) is 25.9 Å². The van der Waals surface area contributed by atoms with Crippen LogP contribution < -0.4 is 5.73 Å². The maximum absolute atomic E-state index is 8.99. The minimum atomic E-state index is 0.228. The topological polar surface area (TPSA) is 49.5 Å². The zero-order chi connectivity index (χ0) is 9.84. The monoisotopic (exact) mass is 202 g/mol. The highest BCUT2D eigenvalue weighted by molar-refractivity contribution is 7.80. The number of aliphatic hydroxyl groups excluding tert-OH is 1. The van der Waals surface area contributed by atoms with Gasteiger partial charge in [-0.25, -0.2) is 0 Å². The normalized spacial score (nSPS) is 26.2. The van der Waals surface area contributed by atoms with Gasteiger partial charge >= 0.3 is 0 Å². The summed E-state index contributed by atoms with van der Waals surface area (Å²) in [5.41, 5.74) is 5.64. The molecule has 0 aromatic carbocycles. The Morgan fingerprint density at radius 2 is 2.46 bits per heavy atom. The van der Waals surface area contributed by atoms with Gasteiger partial charge in [-0.15, -0.1) is 0 Å². The number of aliphatic hydroxyl groups is 1. The van der Waals surface area contributed by atoms with Crippen molar-refractivity contribution in [1.29, 1.82) is 0 Å². The summed E-state index contributed by atoms with van der Waals surface area (Å²) in [6.45, 7) is 4.33. The first kappa shape index (κ1) is 10.9. The molecule has 0 bridgehead atoms. The predicted octanol–water partition coefficient (Wildman–Crippen LogP) is 0.365. The Kier molecular flexibility index (Phi) is 4.09. The average Bonchev–Trinajstić information content (AvgIpc) is 2.53. The molecule has 0 aromatic rings. The van der Waals surface area contributed by atoms with Crippen LogP contribution in [0.2, 0.25) is 0 Å². The Morgan fingerprint density at radius 3 is 2.85 bits per heavy atom. The van der Waals surface area contributed by atoms with Crippen molar-refractivity contribution in [3.05, 3.63) is 0 Å². The van der Waals surface area contributed by atoms with Crippen molar-refractivity contribution in [2.24, 2.45) is 11.7 Å². The number of likely N-dealkylation sites (tertiary alicyclic amines) is 1. The van der Waals surface area contributed by atoms with Crippen LogP contribution in [-0.2, 0) is 0 Å². The Balaban J connectivity index is 2.48. The van der Waals surface area contributed by atoms with Crippen LogP contribution in [0.3, 0.4) is 0 Å². The van der Waals surface area contributed by atoms with Crippen LogP contribution in [0.25, 0.3) is 0 Å². The lowest BCUT2D eigenvalue weighted by Crippen LogP contribution is -2.42. The number of rotatable bonds is 4. The van der Waals surface area contributed by atoms with Crippen molar-refractivity contribution in [3.63, 3.8) is 0 Å². The van der Waals surface area contributed by atoms with Gasteiger partial charge in [-0.1, -0.05) is 19.1 Å². The summed E-state index contributed by atoms with van der Waals surface area (Å²) >= 11 is 5.00. The van der Waals surface area contributed by atoms with E-state index >= 15 is 0 Å². The SMILES string of the molecule is CCC(C(N)=S)N1CCC(CO)C1. The third kappa shape index (κ3) is 2.62. The molecule has 0 amide bonds. The summed E-state index contributed by atoms with van der Waals surface area (Å²) in [5.74, 6) is 0.420. The van der Waals surface area contributed by atoms with Crippen molar-refractivity contribution in [2.45, 2.75) is 25.8 Å². The third-order valence-electron chi connectivity index (χ3n) is 2.73. The highest BCUT2D eigenvalue weighted by Gasteiger charge is 2.27. The van der Waals surface area contributed by atoms with Crippen LogP contribution in [-0.4, -0.2) is 40.7 Å². The van der Waals surface area contributed by atoms with E-state index in [9.17, 15) is 0 Å². The Bertz CT molecular complexity index is 186. The van der Waals surface area contributed by atoms with Crippen LogP contribution in [0.1, 0.15) is 19.8 Å². The maximum atomic E-state index is 8.99. The second-order valence-electron chi connectivity index (χ2n) is 3.66. The van der Waals surface area contributed by atoms with Crippen LogP contribution in [0.15, 0.2) is 0 Å². The third-order valence-corrected chi connectivity index (χ3v) is 3.00. The van der Waals surface area contributed by atoms with Gasteiger partial charge in [0.05, 0.1) is 11.0 Å². The summed E-state index contributed by atoms with van der Waals surface area (Å²) in [6.07, 6.45) is 2.03. The fourth-order valence-electron chi connectivity index (χ4n) is 1.93. The Hall–Kier alpha value is -0.190. The smallest absolute Gasteiger partial charge is 0.0901 e. The number of nitrogens with two attached hydrogens (primary N) is 1. The standard InChI is InChI=1S/C9H18N2OS/c1-2-8(9(10)13)11-4-3-7(5-11)6-12/h7-8,12H,2-6H2,1H3,(H2,10,13). The van der Waals surface area contributed by atoms with Crippen molar-refractivity contribution in [1.82, 2.24) is 4.90 Å². The minimum Gasteiger partial charge on any atom is -0.396 e. The molecule has 0 spiro atoms. The van der Waals surface area contributed by atoms with E-state index in [2.05, 4.69) is 11.8 Å². The molecule has 76 valence electrons. The van der Waals surface area contributed by atoms with E-state index in [1.807, 2.05) is 0 Å². The molecule has 0 radical (unpaired) electrons.